The third-order valence-electron chi connectivity index (χ3n) is 4.58. The standard InChI is InChI=1S/C21H16Cl2N4O2S2/c1-11-12(2)31-19-17(11)20(29)27(14-6-4-3-5-7-14)21(26-19)30-10-16(28)25-18-15(23)8-13(22)9-24-18/h3-9H,10H2,1-2H3,(H,24,25,28). The van der Waals surface area contributed by atoms with Gasteiger partial charge in [-0.1, -0.05) is 53.2 Å². The molecule has 0 aliphatic carbocycles. The van der Waals surface area contributed by atoms with Crippen LogP contribution in [0.25, 0.3) is 15.9 Å². The molecule has 4 rings (SSSR count). The molecule has 6 nitrogen and oxygen atoms in total. The van der Waals surface area contributed by atoms with Crippen molar-refractivity contribution in [3.05, 3.63) is 73.4 Å². The normalized spacial score (nSPS) is 11.1. The average Bonchev–Trinajstić information content (AvgIpc) is 3.03. The highest BCUT2D eigenvalue weighted by atomic mass is 35.5. The van der Waals surface area contributed by atoms with Crippen LogP contribution < -0.4 is 10.9 Å². The van der Waals surface area contributed by atoms with Gasteiger partial charge in [0.05, 0.1) is 26.9 Å². The minimum absolute atomic E-state index is 0.0226. The Balaban J connectivity index is 1.68. The number of aromatic nitrogens is 3. The summed E-state index contributed by atoms with van der Waals surface area (Å²) >= 11 is 14.6. The van der Waals surface area contributed by atoms with Crippen molar-refractivity contribution in [2.45, 2.75) is 19.0 Å². The Bertz CT molecular complexity index is 1350. The number of benzene rings is 1. The lowest BCUT2D eigenvalue weighted by atomic mass is 10.2. The second-order valence-electron chi connectivity index (χ2n) is 6.65. The number of pyridine rings is 1. The number of hydrogen-bond donors (Lipinski definition) is 1. The van der Waals surface area contributed by atoms with E-state index in [0.717, 1.165) is 10.4 Å². The Morgan fingerprint density at radius 1 is 1.23 bits per heavy atom. The minimum atomic E-state index is -0.325. The first-order chi connectivity index (χ1) is 14.8. The van der Waals surface area contributed by atoms with Crippen LogP contribution in [0.5, 0.6) is 0 Å². The van der Waals surface area contributed by atoms with Crippen molar-refractivity contribution in [2.75, 3.05) is 11.1 Å². The van der Waals surface area contributed by atoms with Crippen LogP contribution >= 0.6 is 46.3 Å². The van der Waals surface area contributed by atoms with Crippen LogP contribution in [0.1, 0.15) is 10.4 Å². The number of nitrogens with one attached hydrogen (secondary N) is 1. The maximum atomic E-state index is 13.4. The van der Waals surface area contributed by atoms with Crippen LogP contribution in [0.15, 0.2) is 52.5 Å². The summed E-state index contributed by atoms with van der Waals surface area (Å²) < 4.78 is 1.55. The summed E-state index contributed by atoms with van der Waals surface area (Å²) in [5.74, 6) is -0.0753. The molecular formula is C21H16Cl2N4O2S2. The number of anilines is 1. The average molecular weight is 491 g/mol. The largest absolute Gasteiger partial charge is 0.309 e. The molecule has 158 valence electrons. The third kappa shape index (κ3) is 4.48. The molecule has 0 aliphatic heterocycles. The van der Waals surface area contributed by atoms with Gasteiger partial charge >= 0.3 is 0 Å². The van der Waals surface area contributed by atoms with E-state index >= 15 is 0 Å². The maximum Gasteiger partial charge on any atom is 0.267 e. The first kappa shape index (κ1) is 21.8. The van der Waals surface area contributed by atoms with E-state index in [0.29, 0.717) is 26.1 Å². The number of rotatable bonds is 5. The smallest absolute Gasteiger partial charge is 0.267 e. The highest BCUT2D eigenvalue weighted by molar-refractivity contribution is 7.99. The van der Waals surface area contributed by atoms with Crippen LogP contribution in [0, 0.1) is 13.8 Å². The van der Waals surface area contributed by atoms with Gasteiger partial charge in [-0.25, -0.2) is 9.97 Å². The molecule has 4 aromatic rings. The summed E-state index contributed by atoms with van der Waals surface area (Å²) in [7, 11) is 0. The van der Waals surface area contributed by atoms with Crippen LogP contribution in [0.4, 0.5) is 5.82 Å². The van der Waals surface area contributed by atoms with E-state index in [4.69, 9.17) is 28.2 Å². The SMILES string of the molecule is Cc1sc2nc(SCC(=O)Nc3ncc(Cl)cc3Cl)n(-c3ccccc3)c(=O)c2c1C. The van der Waals surface area contributed by atoms with Crippen molar-refractivity contribution >= 4 is 68.2 Å². The van der Waals surface area contributed by atoms with Crippen LogP contribution in [-0.2, 0) is 4.79 Å². The zero-order chi connectivity index (χ0) is 22.1. The maximum absolute atomic E-state index is 13.4. The molecule has 1 aromatic carbocycles. The van der Waals surface area contributed by atoms with Crippen molar-refractivity contribution in [2.24, 2.45) is 0 Å². The number of thiophene rings is 1. The number of carbonyl (C=O) groups excluding carboxylic acids is 1. The van der Waals surface area contributed by atoms with E-state index in [1.165, 1.54) is 35.4 Å². The topological polar surface area (TPSA) is 76.9 Å². The lowest BCUT2D eigenvalue weighted by Gasteiger charge is -2.12. The Morgan fingerprint density at radius 3 is 2.68 bits per heavy atom. The van der Waals surface area contributed by atoms with Gasteiger partial charge in [-0.15, -0.1) is 11.3 Å². The summed E-state index contributed by atoms with van der Waals surface area (Å²) in [5.41, 5.74) is 1.47. The van der Waals surface area contributed by atoms with Crippen LogP contribution in [-0.4, -0.2) is 26.2 Å². The number of nitrogens with zero attached hydrogens (tertiary/aromatic N) is 3. The fourth-order valence-electron chi connectivity index (χ4n) is 2.98. The molecule has 0 saturated heterocycles. The number of amides is 1. The number of carbonyl (C=O) groups is 1. The highest BCUT2D eigenvalue weighted by Gasteiger charge is 2.19. The van der Waals surface area contributed by atoms with E-state index in [9.17, 15) is 9.59 Å². The quantitative estimate of drug-likeness (QED) is 0.295. The monoisotopic (exact) mass is 490 g/mol. The second-order valence-corrected chi connectivity index (χ2v) is 9.64. The van der Waals surface area contributed by atoms with Gasteiger partial charge in [0.2, 0.25) is 5.91 Å². The van der Waals surface area contributed by atoms with E-state index < -0.39 is 0 Å². The molecule has 0 saturated carbocycles. The number of thioether (sulfide) groups is 1. The molecule has 0 spiro atoms. The molecule has 3 heterocycles. The summed E-state index contributed by atoms with van der Waals surface area (Å²) in [6.45, 7) is 3.90. The highest BCUT2D eigenvalue weighted by Crippen LogP contribution is 2.30. The summed E-state index contributed by atoms with van der Waals surface area (Å²) in [6, 6.07) is 10.8. The molecule has 0 fully saturated rings. The second kappa shape index (κ2) is 9.00. The lowest BCUT2D eigenvalue weighted by molar-refractivity contribution is -0.113. The molecular weight excluding hydrogens is 475 g/mol. The number of para-hydroxylation sites is 1. The van der Waals surface area contributed by atoms with E-state index in [1.807, 2.05) is 44.2 Å². The molecule has 0 radical (unpaired) electrons. The van der Waals surface area contributed by atoms with E-state index in [1.54, 1.807) is 4.57 Å². The zero-order valence-corrected chi connectivity index (χ0v) is 19.6. The summed E-state index contributed by atoms with van der Waals surface area (Å²) in [5, 5.41) is 4.33. The fraction of sp³-hybridized carbons (Fsp3) is 0.143. The molecule has 31 heavy (non-hydrogen) atoms. The molecule has 0 unspecified atom stereocenters. The first-order valence-electron chi connectivity index (χ1n) is 9.17. The van der Waals surface area contributed by atoms with E-state index in [2.05, 4.69) is 10.3 Å². The lowest BCUT2D eigenvalue weighted by Crippen LogP contribution is -2.23. The Morgan fingerprint density at radius 2 is 1.97 bits per heavy atom. The number of halogens is 2. The molecule has 1 N–H and O–H groups in total. The van der Waals surface area contributed by atoms with Crippen molar-refractivity contribution < 1.29 is 4.79 Å². The Labute approximate surface area is 196 Å². The third-order valence-corrected chi connectivity index (χ3v) is 7.12. The van der Waals surface area contributed by atoms with Gasteiger partial charge in [-0.2, -0.15) is 0 Å². The first-order valence-corrected chi connectivity index (χ1v) is 11.7. The van der Waals surface area contributed by atoms with Crippen molar-refractivity contribution in [1.29, 1.82) is 0 Å². The number of hydrogen-bond acceptors (Lipinski definition) is 6. The van der Waals surface area contributed by atoms with Crippen LogP contribution in [0.3, 0.4) is 0 Å². The van der Waals surface area contributed by atoms with Gasteiger partial charge in [-0.05, 0) is 37.6 Å². The molecule has 1 amide bonds. The van der Waals surface area contributed by atoms with Crippen molar-refractivity contribution in [1.82, 2.24) is 14.5 Å². The minimum Gasteiger partial charge on any atom is -0.309 e. The molecule has 0 aliphatic rings. The fourth-order valence-corrected chi connectivity index (χ4v) is 5.29. The molecule has 3 aromatic heterocycles. The van der Waals surface area contributed by atoms with Gasteiger partial charge in [0, 0.05) is 11.1 Å². The van der Waals surface area contributed by atoms with Crippen LogP contribution in [0.2, 0.25) is 10.0 Å². The molecule has 0 atom stereocenters. The Kier molecular flexibility index (Phi) is 6.34. The zero-order valence-electron chi connectivity index (χ0n) is 16.5. The van der Waals surface area contributed by atoms with Gasteiger partial charge < -0.3 is 5.32 Å². The van der Waals surface area contributed by atoms with Gasteiger partial charge in [0.15, 0.2) is 11.0 Å². The number of aryl methyl sites for hydroxylation is 2. The van der Waals surface area contributed by atoms with Crippen molar-refractivity contribution in [3.8, 4) is 5.69 Å². The predicted octanol–water partition coefficient (Wildman–Crippen LogP) is 5.50. The molecule has 10 heteroatoms. The molecule has 0 bridgehead atoms. The summed E-state index contributed by atoms with van der Waals surface area (Å²) in [6.07, 6.45) is 1.40. The van der Waals surface area contributed by atoms with Gasteiger partial charge in [0.1, 0.15) is 4.83 Å². The van der Waals surface area contributed by atoms with Gasteiger partial charge in [-0.3, -0.25) is 14.2 Å². The number of fused-ring (bicyclic) bond motifs is 1. The van der Waals surface area contributed by atoms with Crippen molar-refractivity contribution in [3.63, 3.8) is 0 Å². The van der Waals surface area contributed by atoms with E-state index in [-0.39, 0.29) is 28.1 Å². The predicted molar refractivity (Wildman–Crippen MR) is 128 cm³/mol. The Hall–Kier alpha value is -2.39. The summed E-state index contributed by atoms with van der Waals surface area (Å²) in [4.78, 5) is 36.3. The van der Waals surface area contributed by atoms with Gasteiger partial charge in [0.25, 0.3) is 5.56 Å².